The fourth-order valence-electron chi connectivity index (χ4n) is 9.60. The van der Waals surface area contributed by atoms with Crippen molar-refractivity contribution in [3.63, 3.8) is 0 Å². The molecular formula is C28H48N2O6S. The van der Waals surface area contributed by atoms with Gasteiger partial charge >= 0.3 is 0 Å². The van der Waals surface area contributed by atoms with Crippen molar-refractivity contribution in [1.82, 2.24) is 10.6 Å². The number of aliphatic hydroxyl groups is 1. The Morgan fingerprint density at radius 1 is 1.03 bits per heavy atom. The number of fused-ring (bicyclic) bond motifs is 5. The summed E-state index contributed by atoms with van der Waals surface area (Å²) in [5, 5.41) is 16.4. The third-order valence-corrected chi connectivity index (χ3v) is 12.1. The Balaban J connectivity index is 1.46. The number of nitrogens with one attached hydrogen (secondary N) is 2. The smallest absolute Gasteiger partial charge is 0.266 e. The number of carbonyl (C=O) groups is 2. The van der Waals surface area contributed by atoms with E-state index < -0.39 is 15.9 Å². The van der Waals surface area contributed by atoms with Gasteiger partial charge < -0.3 is 15.7 Å². The summed E-state index contributed by atoms with van der Waals surface area (Å²) >= 11 is 0. The topological polar surface area (TPSA) is 133 Å². The predicted molar refractivity (Wildman–Crippen MR) is 142 cm³/mol. The average Bonchev–Trinajstić information content (AvgIpc) is 3.14. The van der Waals surface area contributed by atoms with Gasteiger partial charge in [-0.1, -0.05) is 20.8 Å². The molecule has 4 fully saturated rings. The molecule has 4 aliphatic rings. The molecule has 0 aliphatic heterocycles. The van der Waals surface area contributed by atoms with E-state index in [1.807, 2.05) is 0 Å². The standard InChI is InChI=1S/C28H48N2O6S/c1-17(5-8-25(33)29-13-14-37(34,35)36)21-6-7-22-26-23(10-12-28(21,22)4)27(3)11-9-20(32)15-19(27)16-24(26)30-18(2)31/h17,19-24,26,32H,5-16H2,1-4H3,(H,29,33)(H,30,31)(H,34,35,36)/t17-,19?,20-,21-,22+,23+,24+,26+,27+,28-/m1/s1. The van der Waals surface area contributed by atoms with Gasteiger partial charge in [0, 0.05) is 25.9 Å². The lowest BCUT2D eigenvalue weighted by molar-refractivity contribution is -0.147. The van der Waals surface area contributed by atoms with Crippen LogP contribution in [0.3, 0.4) is 0 Å². The molecule has 212 valence electrons. The van der Waals surface area contributed by atoms with Crippen molar-refractivity contribution >= 4 is 21.9 Å². The zero-order valence-corrected chi connectivity index (χ0v) is 23.9. The Bertz CT molecular complexity index is 972. The highest BCUT2D eigenvalue weighted by atomic mass is 32.2. The second-order valence-corrected chi connectivity index (χ2v) is 14.9. The molecule has 37 heavy (non-hydrogen) atoms. The Morgan fingerprint density at radius 3 is 2.38 bits per heavy atom. The summed E-state index contributed by atoms with van der Waals surface area (Å²) in [4.78, 5) is 24.6. The van der Waals surface area contributed by atoms with E-state index in [0.29, 0.717) is 41.9 Å². The van der Waals surface area contributed by atoms with Crippen LogP contribution in [0.4, 0.5) is 0 Å². The molecule has 0 saturated heterocycles. The Morgan fingerprint density at radius 2 is 1.70 bits per heavy atom. The monoisotopic (exact) mass is 540 g/mol. The fraction of sp³-hybridized carbons (Fsp3) is 0.929. The minimum absolute atomic E-state index is 0.0407. The van der Waals surface area contributed by atoms with Crippen LogP contribution in [0.25, 0.3) is 0 Å². The summed E-state index contributed by atoms with van der Waals surface area (Å²) < 4.78 is 30.6. The molecule has 8 nitrogen and oxygen atoms in total. The van der Waals surface area contributed by atoms with E-state index in [1.165, 1.54) is 6.42 Å². The normalized spacial score (nSPS) is 42.2. The molecule has 9 heteroatoms. The number of hydrogen-bond donors (Lipinski definition) is 4. The van der Waals surface area contributed by atoms with Crippen LogP contribution in [-0.4, -0.2) is 54.3 Å². The Kier molecular flexibility index (Phi) is 8.38. The van der Waals surface area contributed by atoms with Crippen molar-refractivity contribution in [1.29, 1.82) is 0 Å². The summed E-state index contributed by atoms with van der Waals surface area (Å²) in [5.41, 5.74) is 0.403. The van der Waals surface area contributed by atoms with Crippen LogP contribution in [0, 0.1) is 46.3 Å². The molecular weight excluding hydrogens is 492 g/mol. The van der Waals surface area contributed by atoms with Crippen LogP contribution in [0.15, 0.2) is 0 Å². The number of rotatable bonds is 8. The lowest BCUT2D eigenvalue weighted by Gasteiger charge is -2.63. The van der Waals surface area contributed by atoms with Crippen molar-refractivity contribution in [2.75, 3.05) is 12.3 Å². The van der Waals surface area contributed by atoms with Gasteiger partial charge in [-0.15, -0.1) is 0 Å². The van der Waals surface area contributed by atoms with Gasteiger partial charge in [0.25, 0.3) is 10.1 Å². The highest BCUT2D eigenvalue weighted by Crippen LogP contribution is 2.68. The number of aliphatic hydroxyl groups excluding tert-OH is 1. The maximum Gasteiger partial charge on any atom is 0.266 e. The predicted octanol–water partition coefficient (Wildman–Crippen LogP) is 3.54. The van der Waals surface area contributed by atoms with E-state index >= 15 is 0 Å². The minimum Gasteiger partial charge on any atom is -0.393 e. The highest BCUT2D eigenvalue weighted by Gasteiger charge is 2.63. The van der Waals surface area contributed by atoms with Gasteiger partial charge in [-0.2, -0.15) is 8.42 Å². The number of amides is 2. The summed E-state index contributed by atoms with van der Waals surface area (Å²) in [6, 6.07) is 0.165. The van der Waals surface area contributed by atoms with Gasteiger partial charge in [-0.05, 0) is 104 Å². The number of hydrogen-bond acceptors (Lipinski definition) is 5. The van der Waals surface area contributed by atoms with Gasteiger partial charge in [0.2, 0.25) is 11.8 Å². The van der Waals surface area contributed by atoms with Crippen molar-refractivity contribution in [3.05, 3.63) is 0 Å². The first-order valence-electron chi connectivity index (χ1n) is 14.4. The van der Waals surface area contributed by atoms with Gasteiger partial charge in [0.05, 0.1) is 11.9 Å². The molecule has 0 aromatic heterocycles. The molecule has 0 radical (unpaired) electrons. The SMILES string of the molecule is CC(=O)N[C@H]1CC2C[C@H](O)CC[C@]2(C)[C@H]2CC[C@]3(C)[C@@H]([C@H](C)CCC(=O)NCCS(=O)(=O)O)CC[C@H]3[C@H]12. The molecule has 1 unspecified atom stereocenters. The number of carbonyl (C=O) groups excluding carboxylic acids is 2. The first kappa shape index (κ1) is 28.8. The van der Waals surface area contributed by atoms with E-state index in [0.717, 1.165) is 51.4 Å². The molecule has 0 spiro atoms. The molecule has 0 heterocycles. The highest BCUT2D eigenvalue weighted by molar-refractivity contribution is 7.85. The van der Waals surface area contributed by atoms with Crippen LogP contribution < -0.4 is 10.6 Å². The van der Waals surface area contributed by atoms with E-state index in [1.54, 1.807) is 6.92 Å². The van der Waals surface area contributed by atoms with E-state index in [-0.39, 0.29) is 41.3 Å². The van der Waals surface area contributed by atoms with Crippen molar-refractivity contribution in [3.8, 4) is 0 Å². The van der Waals surface area contributed by atoms with Crippen LogP contribution in [0.5, 0.6) is 0 Å². The summed E-state index contributed by atoms with van der Waals surface area (Å²) in [7, 11) is -4.08. The van der Waals surface area contributed by atoms with Crippen molar-refractivity contribution < 1.29 is 27.7 Å². The first-order chi connectivity index (χ1) is 17.2. The van der Waals surface area contributed by atoms with Crippen molar-refractivity contribution in [2.45, 2.75) is 104 Å². The van der Waals surface area contributed by atoms with Gasteiger partial charge in [0.1, 0.15) is 0 Å². The molecule has 4 N–H and O–H groups in total. The van der Waals surface area contributed by atoms with E-state index in [9.17, 15) is 23.1 Å². The first-order valence-corrected chi connectivity index (χ1v) is 16.0. The zero-order chi connectivity index (χ0) is 27.2. The van der Waals surface area contributed by atoms with Gasteiger partial charge in [-0.3, -0.25) is 14.1 Å². The van der Waals surface area contributed by atoms with Crippen LogP contribution in [0.2, 0.25) is 0 Å². The maximum atomic E-state index is 12.3. The average molecular weight is 541 g/mol. The lowest BCUT2D eigenvalue weighted by atomic mass is 9.43. The van der Waals surface area contributed by atoms with Crippen LogP contribution in [0.1, 0.15) is 91.9 Å². The van der Waals surface area contributed by atoms with E-state index in [4.69, 9.17) is 4.55 Å². The molecule has 4 rings (SSSR count). The molecule has 0 aromatic rings. The third-order valence-electron chi connectivity index (χ3n) is 11.3. The summed E-state index contributed by atoms with van der Waals surface area (Å²) in [6.07, 6.45) is 9.30. The molecule has 0 bridgehead atoms. The summed E-state index contributed by atoms with van der Waals surface area (Å²) in [6.45, 7) is 8.73. The molecule has 10 atom stereocenters. The minimum atomic E-state index is -4.08. The quantitative estimate of drug-likeness (QED) is 0.348. The molecule has 2 amide bonds. The molecule has 4 aliphatic carbocycles. The second-order valence-electron chi connectivity index (χ2n) is 13.3. The third kappa shape index (κ3) is 5.88. The van der Waals surface area contributed by atoms with Crippen LogP contribution in [-0.2, 0) is 19.7 Å². The molecule has 0 aromatic carbocycles. The maximum absolute atomic E-state index is 12.3. The van der Waals surface area contributed by atoms with Crippen molar-refractivity contribution in [2.24, 2.45) is 46.3 Å². The largest absolute Gasteiger partial charge is 0.393 e. The summed E-state index contributed by atoms with van der Waals surface area (Å²) in [5.74, 6) is 2.31. The fourth-order valence-corrected chi connectivity index (χ4v) is 9.96. The van der Waals surface area contributed by atoms with E-state index in [2.05, 4.69) is 31.4 Å². The lowest BCUT2D eigenvalue weighted by Crippen LogP contribution is -2.62. The Labute approximate surface area is 222 Å². The Hall–Kier alpha value is -1.19. The van der Waals surface area contributed by atoms with Gasteiger partial charge in [0.15, 0.2) is 0 Å². The van der Waals surface area contributed by atoms with Crippen LogP contribution >= 0.6 is 0 Å². The van der Waals surface area contributed by atoms with Gasteiger partial charge in [-0.25, -0.2) is 0 Å². The molecule has 4 saturated carbocycles. The second kappa shape index (κ2) is 10.8. The zero-order valence-electron chi connectivity index (χ0n) is 23.0.